The van der Waals surface area contributed by atoms with E-state index in [1.165, 1.54) is 22.4 Å². The zero-order chi connectivity index (χ0) is 20.6. The summed E-state index contributed by atoms with van der Waals surface area (Å²) in [6, 6.07) is 8.73. The molecule has 1 aliphatic heterocycles. The zero-order valence-corrected chi connectivity index (χ0v) is 20.9. The van der Waals surface area contributed by atoms with Gasteiger partial charge in [0.1, 0.15) is 0 Å². The number of aromatic nitrogens is 2. The highest BCUT2D eigenvalue weighted by Crippen LogP contribution is 2.12. The van der Waals surface area contributed by atoms with Crippen molar-refractivity contribution in [3.63, 3.8) is 0 Å². The molecule has 0 bridgehead atoms. The lowest BCUT2D eigenvalue weighted by atomic mass is 10.1. The van der Waals surface area contributed by atoms with Gasteiger partial charge < -0.3 is 15.4 Å². The molecule has 1 fully saturated rings. The number of nitrogens with zero attached hydrogens (tertiary/aromatic N) is 4. The third kappa shape index (κ3) is 6.95. The Balaban J connectivity index is 0.00000320. The largest absolute Gasteiger partial charge is 0.379 e. The monoisotopic (exact) mass is 526 g/mol. The van der Waals surface area contributed by atoms with E-state index < -0.39 is 0 Å². The lowest BCUT2D eigenvalue weighted by molar-refractivity contribution is 0.0342. The number of benzene rings is 1. The van der Waals surface area contributed by atoms with Crippen LogP contribution in [0.5, 0.6) is 0 Å². The molecule has 166 valence electrons. The second-order valence-electron chi connectivity index (χ2n) is 7.53. The van der Waals surface area contributed by atoms with Crippen LogP contribution in [-0.4, -0.2) is 53.5 Å². The minimum absolute atomic E-state index is 0. The molecule has 0 radical (unpaired) electrons. The number of nitrogens with one attached hydrogen (secondary N) is 2. The summed E-state index contributed by atoms with van der Waals surface area (Å²) >= 11 is 0. The maximum Gasteiger partial charge on any atom is 0.191 e. The van der Waals surface area contributed by atoms with Crippen molar-refractivity contribution in [1.82, 2.24) is 25.3 Å². The number of guanidine groups is 1. The smallest absolute Gasteiger partial charge is 0.191 e. The van der Waals surface area contributed by atoms with Gasteiger partial charge >= 0.3 is 0 Å². The van der Waals surface area contributed by atoms with Crippen LogP contribution in [-0.2, 0) is 31.4 Å². The first-order valence-corrected chi connectivity index (χ1v) is 10.5. The molecule has 2 heterocycles. The van der Waals surface area contributed by atoms with E-state index in [9.17, 15) is 0 Å². The van der Waals surface area contributed by atoms with Gasteiger partial charge in [-0.05, 0) is 31.9 Å². The number of halogens is 1. The molecule has 1 aromatic carbocycles. The van der Waals surface area contributed by atoms with E-state index in [0.29, 0.717) is 13.1 Å². The summed E-state index contributed by atoms with van der Waals surface area (Å²) in [6.45, 7) is 13.1. The van der Waals surface area contributed by atoms with Crippen molar-refractivity contribution in [2.45, 2.75) is 40.4 Å². The van der Waals surface area contributed by atoms with E-state index in [4.69, 9.17) is 9.73 Å². The van der Waals surface area contributed by atoms with Crippen LogP contribution < -0.4 is 10.6 Å². The lowest BCUT2D eigenvalue weighted by Gasteiger charge is -2.26. The van der Waals surface area contributed by atoms with Crippen LogP contribution in [0.3, 0.4) is 0 Å². The van der Waals surface area contributed by atoms with Gasteiger partial charge in [0.05, 0.1) is 25.5 Å². The van der Waals surface area contributed by atoms with Crippen LogP contribution in [0, 0.1) is 13.8 Å². The van der Waals surface area contributed by atoms with E-state index in [0.717, 1.165) is 51.0 Å². The minimum Gasteiger partial charge on any atom is -0.379 e. The Labute approximate surface area is 197 Å². The number of hydrogen-bond acceptors (Lipinski definition) is 4. The Bertz CT molecular complexity index is 829. The highest BCUT2D eigenvalue weighted by Gasteiger charge is 2.11. The van der Waals surface area contributed by atoms with Gasteiger partial charge in [-0.25, -0.2) is 4.99 Å². The minimum atomic E-state index is 0. The molecular formula is C22H35IN6O. The maximum atomic E-state index is 5.44. The Morgan fingerprint density at radius 1 is 1.17 bits per heavy atom. The molecule has 0 amide bonds. The second kappa shape index (κ2) is 12.3. The van der Waals surface area contributed by atoms with Gasteiger partial charge in [0.15, 0.2) is 5.96 Å². The Morgan fingerprint density at radius 2 is 1.90 bits per heavy atom. The van der Waals surface area contributed by atoms with Crippen molar-refractivity contribution in [1.29, 1.82) is 0 Å². The number of rotatable bonds is 7. The quantitative estimate of drug-likeness (QED) is 0.330. The first-order chi connectivity index (χ1) is 14.1. The van der Waals surface area contributed by atoms with Gasteiger partial charge in [0.25, 0.3) is 0 Å². The maximum absolute atomic E-state index is 5.44. The van der Waals surface area contributed by atoms with Gasteiger partial charge in [-0.15, -0.1) is 24.0 Å². The number of aliphatic imine (C=N–C) groups is 1. The molecule has 0 aliphatic carbocycles. The molecule has 1 aliphatic rings. The van der Waals surface area contributed by atoms with Crippen LogP contribution in [0.4, 0.5) is 0 Å². The summed E-state index contributed by atoms with van der Waals surface area (Å²) in [7, 11) is 1.98. The molecule has 0 atom stereocenters. The molecule has 2 aromatic rings. The fraction of sp³-hybridized carbons (Fsp3) is 0.545. The number of ether oxygens (including phenoxy) is 1. The SMILES string of the molecule is CCNC(=NCc1cccc(CN2CCOCC2)c1)NCc1c(C)nn(C)c1C.I. The predicted octanol–water partition coefficient (Wildman–Crippen LogP) is 2.74. The summed E-state index contributed by atoms with van der Waals surface area (Å²) in [4.78, 5) is 7.23. The standard InChI is InChI=1S/C22H34N6O.HI/c1-5-23-22(25-15-21-17(2)26-27(4)18(21)3)24-14-19-7-6-8-20(13-19)16-28-9-11-29-12-10-28;/h6-8,13H,5,9-12,14-16H2,1-4H3,(H2,23,24,25);1H. The first kappa shape index (κ1) is 24.6. The number of aryl methyl sites for hydroxylation is 2. The van der Waals surface area contributed by atoms with Crippen molar-refractivity contribution >= 4 is 29.9 Å². The summed E-state index contributed by atoms with van der Waals surface area (Å²) in [5.74, 6) is 0.828. The summed E-state index contributed by atoms with van der Waals surface area (Å²) in [5, 5.41) is 11.3. The third-order valence-corrected chi connectivity index (χ3v) is 5.36. The Kier molecular flexibility index (Phi) is 10.1. The van der Waals surface area contributed by atoms with Crippen molar-refractivity contribution in [3.05, 3.63) is 52.3 Å². The second-order valence-corrected chi connectivity index (χ2v) is 7.53. The fourth-order valence-corrected chi connectivity index (χ4v) is 3.60. The van der Waals surface area contributed by atoms with E-state index in [1.807, 2.05) is 18.7 Å². The van der Waals surface area contributed by atoms with Crippen LogP contribution in [0.15, 0.2) is 29.3 Å². The molecule has 1 saturated heterocycles. The van der Waals surface area contributed by atoms with E-state index >= 15 is 0 Å². The molecule has 0 spiro atoms. The van der Waals surface area contributed by atoms with E-state index in [2.05, 4.69) is 58.7 Å². The highest BCUT2D eigenvalue weighted by atomic mass is 127. The molecular weight excluding hydrogens is 491 g/mol. The summed E-state index contributed by atoms with van der Waals surface area (Å²) < 4.78 is 7.37. The molecule has 0 saturated carbocycles. The topological polar surface area (TPSA) is 66.7 Å². The van der Waals surface area contributed by atoms with Gasteiger partial charge in [-0.2, -0.15) is 5.10 Å². The average Bonchev–Trinajstić information content (AvgIpc) is 2.96. The Morgan fingerprint density at radius 3 is 2.57 bits per heavy atom. The van der Waals surface area contributed by atoms with E-state index in [1.54, 1.807) is 0 Å². The third-order valence-electron chi connectivity index (χ3n) is 5.36. The zero-order valence-electron chi connectivity index (χ0n) is 18.6. The first-order valence-electron chi connectivity index (χ1n) is 10.5. The van der Waals surface area contributed by atoms with Crippen molar-refractivity contribution in [2.24, 2.45) is 12.0 Å². The van der Waals surface area contributed by atoms with Gasteiger partial charge in [-0.3, -0.25) is 9.58 Å². The van der Waals surface area contributed by atoms with Gasteiger partial charge in [0, 0.05) is 51.0 Å². The molecule has 30 heavy (non-hydrogen) atoms. The molecule has 7 nitrogen and oxygen atoms in total. The van der Waals surface area contributed by atoms with Gasteiger partial charge in [0.2, 0.25) is 0 Å². The number of morpholine rings is 1. The molecule has 8 heteroatoms. The lowest BCUT2D eigenvalue weighted by Crippen LogP contribution is -2.37. The average molecular weight is 526 g/mol. The molecule has 3 rings (SSSR count). The van der Waals surface area contributed by atoms with Crippen LogP contribution >= 0.6 is 24.0 Å². The van der Waals surface area contributed by atoms with Crippen LogP contribution in [0.1, 0.15) is 35.0 Å². The van der Waals surface area contributed by atoms with Crippen molar-refractivity contribution in [2.75, 3.05) is 32.8 Å². The van der Waals surface area contributed by atoms with E-state index in [-0.39, 0.29) is 24.0 Å². The van der Waals surface area contributed by atoms with Crippen molar-refractivity contribution < 1.29 is 4.74 Å². The summed E-state index contributed by atoms with van der Waals surface area (Å²) in [6.07, 6.45) is 0. The predicted molar refractivity (Wildman–Crippen MR) is 132 cm³/mol. The molecule has 1 aromatic heterocycles. The Hall–Kier alpha value is -1.65. The van der Waals surface area contributed by atoms with Gasteiger partial charge in [-0.1, -0.05) is 24.3 Å². The van der Waals surface area contributed by atoms with Crippen LogP contribution in [0.2, 0.25) is 0 Å². The molecule has 2 N–H and O–H groups in total. The highest BCUT2D eigenvalue weighted by molar-refractivity contribution is 14.0. The van der Waals surface area contributed by atoms with Crippen molar-refractivity contribution in [3.8, 4) is 0 Å². The normalized spacial score (nSPS) is 15.0. The summed E-state index contributed by atoms with van der Waals surface area (Å²) in [5.41, 5.74) is 6.03. The number of hydrogen-bond donors (Lipinski definition) is 2. The van der Waals surface area contributed by atoms with Crippen LogP contribution in [0.25, 0.3) is 0 Å². The fourth-order valence-electron chi connectivity index (χ4n) is 3.60. The molecule has 0 unspecified atom stereocenters.